The number of halogens is 1. The lowest BCUT2D eigenvalue weighted by Crippen LogP contribution is -2.45. The molecule has 0 aromatic heterocycles. The monoisotopic (exact) mass is 390 g/mol. The first-order chi connectivity index (χ1) is 9.43. The molecule has 1 amide bonds. The molecule has 0 aliphatic rings. The molecule has 0 saturated carbocycles. The minimum atomic E-state index is -0.929. The number of hydrogen-bond acceptors (Lipinski definition) is 3. The van der Waals surface area contributed by atoms with Gasteiger partial charge >= 0.3 is 5.97 Å². The zero-order valence-corrected chi connectivity index (χ0v) is 13.7. The van der Waals surface area contributed by atoms with Crippen molar-refractivity contribution in [1.82, 2.24) is 5.32 Å². The quantitative estimate of drug-likeness (QED) is 0.625. The van der Waals surface area contributed by atoms with E-state index in [-0.39, 0.29) is 18.4 Å². The molecule has 2 atom stereocenters. The molecule has 20 heavy (non-hydrogen) atoms. The summed E-state index contributed by atoms with van der Waals surface area (Å²) in [5, 5.41) is 14.6. The first-order valence-corrected chi connectivity index (χ1v) is 7.53. The van der Waals surface area contributed by atoms with Gasteiger partial charge in [0.15, 0.2) is 0 Å². The number of rotatable bonds is 7. The number of hydrogen-bond donors (Lipinski definition) is 3. The van der Waals surface area contributed by atoms with Gasteiger partial charge in [-0.2, -0.15) is 0 Å². The first-order valence-electron chi connectivity index (χ1n) is 6.45. The Labute approximate surface area is 132 Å². The third-order valence-corrected chi connectivity index (χ3v) is 3.74. The van der Waals surface area contributed by atoms with Crippen LogP contribution in [-0.4, -0.2) is 29.6 Å². The second kappa shape index (κ2) is 8.21. The molecule has 0 fully saturated rings. The third kappa shape index (κ3) is 5.46. The highest BCUT2D eigenvalue weighted by atomic mass is 127. The zero-order chi connectivity index (χ0) is 15.1. The van der Waals surface area contributed by atoms with Gasteiger partial charge in [0, 0.05) is 9.26 Å². The Bertz CT molecular complexity index is 479. The van der Waals surface area contributed by atoms with Crippen LogP contribution in [0.5, 0.6) is 0 Å². The van der Waals surface area contributed by atoms with Crippen molar-refractivity contribution in [1.29, 1.82) is 0 Å². The van der Waals surface area contributed by atoms with E-state index < -0.39 is 12.0 Å². The van der Waals surface area contributed by atoms with Crippen LogP contribution in [0.15, 0.2) is 24.3 Å². The Morgan fingerprint density at radius 1 is 1.40 bits per heavy atom. The highest BCUT2D eigenvalue weighted by molar-refractivity contribution is 14.1. The van der Waals surface area contributed by atoms with Gasteiger partial charge in [-0.15, -0.1) is 0 Å². The summed E-state index contributed by atoms with van der Waals surface area (Å²) < 4.78 is 1.02. The number of nitrogens with one attached hydrogen (secondary N) is 2. The van der Waals surface area contributed by atoms with Gasteiger partial charge in [-0.3, -0.25) is 14.9 Å². The van der Waals surface area contributed by atoms with Crippen LogP contribution in [0.4, 0.5) is 5.69 Å². The number of benzene rings is 1. The molecule has 0 heterocycles. The summed E-state index contributed by atoms with van der Waals surface area (Å²) in [7, 11) is 0. The summed E-state index contributed by atoms with van der Waals surface area (Å²) in [5.74, 6) is -1.21. The Balaban J connectivity index is 2.52. The van der Waals surface area contributed by atoms with Crippen LogP contribution in [0.2, 0.25) is 0 Å². The van der Waals surface area contributed by atoms with Gasteiger partial charge in [0.05, 0.1) is 6.54 Å². The number of carboxylic acid groups (broad SMARTS) is 1. The third-order valence-electron chi connectivity index (χ3n) is 3.07. The summed E-state index contributed by atoms with van der Waals surface area (Å²) in [6, 6.07) is 6.72. The van der Waals surface area contributed by atoms with E-state index in [9.17, 15) is 9.59 Å². The molecule has 1 aromatic carbocycles. The lowest BCUT2D eigenvalue weighted by atomic mass is 9.99. The summed E-state index contributed by atoms with van der Waals surface area (Å²) in [5.41, 5.74) is 0.708. The molecule has 3 N–H and O–H groups in total. The van der Waals surface area contributed by atoms with E-state index in [1.807, 2.05) is 32.0 Å². The Hall–Kier alpha value is -1.15. The molecule has 0 unspecified atom stereocenters. The topological polar surface area (TPSA) is 78.4 Å². The summed E-state index contributed by atoms with van der Waals surface area (Å²) in [4.78, 5) is 22.9. The van der Waals surface area contributed by atoms with E-state index >= 15 is 0 Å². The second-order valence-corrected chi connectivity index (χ2v) is 5.89. The molecule has 0 saturated heterocycles. The van der Waals surface area contributed by atoms with Gasteiger partial charge in [0.2, 0.25) is 5.91 Å². The number of aliphatic carboxylic acids is 1. The Morgan fingerprint density at radius 3 is 2.65 bits per heavy atom. The van der Waals surface area contributed by atoms with Crippen molar-refractivity contribution in [3.05, 3.63) is 27.8 Å². The molecule has 1 aromatic rings. The lowest BCUT2D eigenvalue weighted by Gasteiger charge is -2.19. The average molecular weight is 390 g/mol. The van der Waals surface area contributed by atoms with Crippen molar-refractivity contribution in [2.75, 3.05) is 11.9 Å². The van der Waals surface area contributed by atoms with Crippen LogP contribution in [0.3, 0.4) is 0 Å². The van der Waals surface area contributed by atoms with E-state index in [0.29, 0.717) is 5.69 Å². The predicted molar refractivity (Wildman–Crippen MR) is 86.7 cm³/mol. The van der Waals surface area contributed by atoms with Gasteiger partial charge in [-0.25, -0.2) is 0 Å². The van der Waals surface area contributed by atoms with Crippen molar-refractivity contribution in [3.63, 3.8) is 0 Å². The van der Waals surface area contributed by atoms with Gasteiger partial charge in [0.25, 0.3) is 0 Å². The van der Waals surface area contributed by atoms with Gasteiger partial charge < -0.3 is 10.4 Å². The van der Waals surface area contributed by atoms with Crippen molar-refractivity contribution < 1.29 is 14.7 Å². The maximum atomic E-state index is 11.8. The Kier molecular flexibility index (Phi) is 6.94. The molecule has 0 radical (unpaired) electrons. The van der Waals surface area contributed by atoms with Crippen molar-refractivity contribution in [3.8, 4) is 0 Å². The molecule has 0 aliphatic carbocycles. The predicted octanol–water partition coefficient (Wildman–Crippen LogP) is 2.32. The number of amides is 1. The van der Waals surface area contributed by atoms with E-state index in [0.717, 1.165) is 9.99 Å². The van der Waals surface area contributed by atoms with E-state index in [2.05, 4.69) is 33.2 Å². The fourth-order valence-corrected chi connectivity index (χ4v) is 2.28. The smallest absolute Gasteiger partial charge is 0.320 e. The standard InChI is InChI=1S/C14H19IN2O3/c1-3-9(2)13(14(19)20)16-8-12(18)17-11-6-4-5-10(15)7-11/h4-7,9,13,16H,3,8H2,1-2H3,(H,17,18)(H,19,20)/t9-,13-/m0/s1. The number of carboxylic acids is 1. The zero-order valence-electron chi connectivity index (χ0n) is 11.5. The molecule has 0 bridgehead atoms. The van der Waals surface area contributed by atoms with E-state index in [1.54, 1.807) is 6.07 Å². The van der Waals surface area contributed by atoms with Crippen molar-refractivity contribution in [2.24, 2.45) is 5.92 Å². The largest absolute Gasteiger partial charge is 0.480 e. The maximum Gasteiger partial charge on any atom is 0.320 e. The minimum Gasteiger partial charge on any atom is -0.480 e. The molecular weight excluding hydrogens is 371 g/mol. The van der Waals surface area contributed by atoms with Gasteiger partial charge in [-0.1, -0.05) is 26.3 Å². The van der Waals surface area contributed by atoms with E-state index in [1.165, 1.54) is 0 Å². The fourth-order valence-electron chi connectivity index (χ4n) is 1.74. The average Bonchev–Trinajstić information content (AvgIpc) is 2.38. The lowest BCUT2D eigenvalue weighted by molar-refractivity contribution is -0.140. The number of carbonyl (C=O) groups is 2. The fraction of sp³-hybridized carbons (Fsp3) is 0.429. The van der Waals surface area contributed by atoms with E-state index in [4.69, 9.17) is 5.11 Å². The molecule has 110 valence electrons. The normalized spacial score (nSPS) is 13.6. The van der Waals surface area contributed by atoms with Crippen LogP contribution in [-0.2, 0) is 9.59 Å². The summed E-state index contributed by atoms with van der Waals surface area (Å²) >= 11 is 2.16. The summed E-state index contributed by atoms with van der Waals surface area (Å²) in [6.45, 7) is 3.75. The molecule has 6 heteroatoms. The highest BCUT2D eigenvalue weighted by Crippen LogP contribution is 2.12. The van der Waals surface area contributed by atoms with Crippen LogP contribution in [0, 0.1) is 9.49 Å². The Morgan fingerprint density at radius 2 is 2.10 bits per heavy atom. The summed E-state index contributed by atoms with van der Waals surface area (Å²) in [6.07, 6.45) is 0.739. The SMILES string of the molecule is CC[C@H](C)[C@H](NCC(=O)Nc1cccc(I)c1)C(=O)O. The molecule has 0 spiro atoms. The minimum absolute atomic E-state index is 0.0211. The maximum absolute atomic E-state index is 11.8. The highest BCUT2D eigenvalue weighted by Gasteiger charge is 2.23. The molecule has 5 nitrogen and oxygen atoms in total. The molecule has 0 aliphatic heterocycles. The van der Waals surface area contributed by atoms with Crippen LogP contribution in [0.1, 0.15) is 20.3 Å². The van der Waals surface area contributed by atoms with Gasteiger partial charge in [-0.05, 0) is 46.7 Å². The number of carbonyl (C=O) groups excluding carboxylic acids is 1. The van der Waals surface area contributed by atoms with Gasteiger partial charge in [0.1, 0.15) is 6.04 Å². The van der Waals surface area contributed by atoms with Crippen LogP contribution >= 0.6 is 22.6 Å². The molecular formula is C14H19IN2O3. The van der Waals surface area contributed by atoms with Crippen LogP contribution < -0.4 is 10.6 Å². The number of anilines is 1. The molecule has 1 rings (SSSR count). The van der Waals surface area contributed by atoms with Crippen LogP contribution in [0.25, 0.3) is 0 Å². The van der Waals surface area contributed by atoms with Crippen molar-refractivity contribution >= 4 is 40.2 Å². The second-order valence-electron chi connectivity index (χ2n) is 4.64. The van der Waals surface area contributed by atoms with Crippen molar-refractivity contribution in [2.45, 2.75) is 26.3 Å². The first kappa shape index (κ1) is 16.9.